The number of nitrogens with two attached hydrogens (primary N) is 1. The molecule has 2 rings (SSSR count). The van der Waals surface area contributed by atoms with Gasteiger partial charge in [0, 0.05) is 6.04 Å². The van der Waals surface area contributed by atoms with E-state index >= 15 is 0 Å². The molecule has 2 saturated carbocycles. The maximum absolute atomic E-state index is 6.14. The predicted octanol–water partition coefficient (Wildman–Crippen LogP) is 3.19. The molecule has 0 heterocycles. The molecule has 0 unspecified atom stereocenters. The molecule has 0 radical (unpaired) electrons. The Balaban J connectivity index is 1.92. The van der Waals surface area contributed by atoms with E-state index in [1.54, 1.807) is 0 Å². The highest BCUT2D eigenvalue weighted by atomic mass is 14.8. The van der Waals surface area contributed by atoms with Gasteiger partial charge < -0.3 is 5.73 Å². The minimum atomic E-state index is 0.437. The Bertz CT molecular complexity index is 219. The smallest absolute Gasteiger partial charge is 0.0130 e. The zero-order chi connectivity index (χ0) is 10.6. The fourth-order valence-electron chi connectivity index (χ4n) is 3.40. The van der Waals surface area contributed by atoms with Crippen LogP contribution in [0.5, 0.6) is 0 Å². The lowest BCUT2D eigenvalue weighted by Gasteiger charge is -2.35. The summed E-state index contributed by atoms with van der Waals surface area (Å²) in [7, 11) is 0. The van der Waals surface area contributed by atoms with Crippen LogP contribution in [-0.2, 0) is 0 Å². The molecule has 14 heavy (non-hydrogen) atoms. The second kappa shape index (κ2) is 2.98. The van der Waals surface area contributed by atoms with E-state index in [-0.39, 0.29) is 0 Å². The van der Waals surface area contributed by atoms with Crippen LogP contribution in [0.15, 0.2) is 0 Å². The summed E-state index contributed by atoms with van der Waals surface area (Å²) in [6.45, 7) is 9.48. The normalized spacial score (nSPS) is 40.9. The molecule has 2 fully saturated rings. The van der Waals surface area contributed by atoms with E-state index in [0.29, 0.717) is 16.9 Å². The van der Waals surface area contributed by atoms with E-state index in [4.69, 9.17) is 5.73 Å². The first-order valence-corrected chi connectivity index (χ1v) is 6.10. The van der Waals surface area contributed by atoms with Crippen LogP contribution in [0.25, 0.3) is 0 Å². The summed E-state index contributed by atoms with van der Waals surface area (Å²) < 4.78 is 0. The van der Waals surface area contributed by atoms with Crippen molar-refractivity contribution in [2.45, 2.75) is 59.4 Å². The van der Waals surface area contributed by atoms with E-state index in [2.05, 4.69) is 27.7 Å². The summed E-state index contributed by atoms with van der Waals surface area (Å²) in [5.41, 5.74) is 7.18. The van der Waals surface area contributed by atoms with Gasteiger partial charge in [0.2, 0.25) is 0 Å². The van der Waals surface area contributed by atoms with E-state index < -0.39 is 0 Å². The number of rotatable bonds is 1. The molecule has 0 aromatic carbocycles. The summed E-state index contributed by atoms with van der Waals surface area (Å²) in [5, 5.41) is 0. The van der Waals surface area contributed by atoms with Gasteiger partial charge in [0.1, 0.15) is 0 Å². The monoisotopic (exact) mass is 195 g/mol. The highest BCUT2D eigenvalue weighted by molar-refractivity contribution is 5.11. The highest BCUT2D eigenvalue weighted by Crippen LogP contribution is 2.58. The maximum Gasteiger partial charge on any atom is 0.0130 e. The molecule has 2 aliphatic carbocycles. The van der Waals surface area contributed by atoms with Gasteiger partial charge >= 0.3 is 0 Å². The molecule has 82 valence electrons. The molecule has 0 saturated heterocycles. The Morgan fingerprint density at radius 3 is 1.79 bits per heavy atom. The molecule has 0 aromatic rings. The van der Waals surface area contributed by atoms with Crippen molar-refractivity contribution in [2.75, 3.05) is 0 Å². The van der Waals surface area contributed by atoms with Crippen molar-refractivity contribution in [1.29, 1.82) is 0 Å². The van der Waals surface area contributed by atoms with Crippen LogP contribution in [-0.4, -0.2) is 6.04 Å². The van der Waals surface area contributed by atoms with Crippen LogP contribution >= 0.6 is 0 Å². The zero-order valence-electron chi connectivity index (χ0n) is 10.1. The third kappa shape index (κ3) is 1.60. The summed E-state index contributed by atoms with van der Waals surface area (Å²) in [6.07, 6.45) is 5.62. The van der Waals surface area contributed by atoms with Gasteiger partial charge in [-0.3, -0.25) is 0 Å². The quantitative estimate of drug-likeness (QED) is 0.683. The second-order valence-corrected chi connectivity index (χ2v) is 6.87. The molecule has 2 atom stereocenters. The Kier molecular flexibility index (Phi) is 2.23. The average Bonchev–Trinajstić information content (AvgIpc) is 2.54. The molecular weight excluding hydrogens is 170 g/mol. The molecule has 1 nitrogen and oxygen atoms in total. The van der Waals surface area contributed by atoms with Crippen LogP contribution in [0, 0.1) is 22.7 Å². The van der Waals surface area contributed by atoms with Crippen LogP contribution in [0.2, 0.25) is 0 Å². The van der Waals surface area contributed by atoms with Gasteiger partial charge in [0.15, 0.2) is 0 Å². The fourth-order valence-corrected chi connectivity index (χ4v) is 3.40. The minimum Gasteiger partial charge on any atom is -0.327 e. The molecule has 0 spiro atoms. The van der Waals surface area contributed by atoms with Gasteiger partial charge in [0.25, 0.3) is 0 Å². The Morgan fingerprint density at radius 1 is 1.00 bits per heavy atom. The van der Waals surface area contributed by atoms with Crippen molar-refractivity contribution >= 4 is 0 Å². The van der Waals surface area contributed by atoms with Gasteiger partial charge in [-0.1, -0.05) is 27.7 Å². The lowest BCUT2D eigenvalue weighted by Crippen LogP contribution is -2.24. The van der Waals surface area contributed by atoms with Crippen LogP contribution in [0.1, 0.15) is 53.4 Å². The fraction of sp³-hybridized carbons (Fsp3) is 1.00. The Labute approximate surface area is 88.4 Å². The molecule has 0 bridgehead atoms. The molecule has 0 aromatic heterocycles. The Morgan fingerprint density at radius 2 is 1.43 bits per heavy atom. The summed E-state index contributed by atoms with van der Waals surface area (Å²) >= 11 is 0. The van der Waals surface area contributed by atoms with Crippen molar-refractivity contribution in [2.24, 2.45) is 28.4 Å². The van der Waals surface area contributed by atoms with E-state index in [1.807, 2.05) is 0 Å². The predicted molar refractivity (Wildman–Crippen MR) is 61.0 cm³/mol. The first kappa shape index (κ1) is 10.5. The van der Waals surface area contributed by atoms with Gasteiger partial charge in [-0.15, -0.1) is 0 Å². The molecule has 0 amide bonds. The van der Waals surface area contributed by atoms with Gasteiger partial charge in [-0.05, 0) is 48.3 Å². The van der Waals surface area contributed by atoms with E-state index in [9.17, 15) is 0 Å². The first-order valence-electron chi connectivity index (χ1n) is 6.10. The summed E-state index contributed by atoms with van der Waals surface area (Å²) in [6, 6.07) is 0.480. The zero-order valence-corrected chi connectivity index (χ0v) is 10.1. The number of hydrogen-bond acceptors (Lipinski definition) is 1. The molecule has 2 aliphatic rings. The van der Waals surface area contributed by atoms with Crippen molar-refractivity contribution in [3.63, 3.8) is 0 Å². The van der Waals surface area contributed by atoms with Crippen molar-refractivity contribution in [3.8, 4) is 0 Å². The molecule has 1 heteroatoms. The van der Waals surface area contributed by atoms with Crippen molar-refractivity contribution < 1.29 is 0 Å². The maximum atomic E-state index is 6.14. The van der Waals surface area contributed by atoms with Crippen LogP contribution in [0.3, 0.4) is 0 Å². The SMILES string of the molecule is CC1(C)CCC([C@@H]2[C@@H](N)C2(C)C)CC1. The van der Waals surface area contributed by atoms with Crippen molar-refractivity contribution in [3.05, 3.63) is 0 Å². The van der Waals surface area contributed by atoms with Crippen LogP contribution in [0.4, 0.5) is 0 Å². The molecular formula is C13H25N. The third-order valence-corrected chi connectivity index (χ3v) is 4.89. The number of hydrogen-bond donors (Lipinski definition) is 1. The van der Waals surface area contributed by atoms with Gasteiger partial charge in [0.05, 0.1) is 0 Å². The topological polar surface area (TPSA) is 26.0 Å². The average molecular weight is 195 g/mol. The standard InChI is InChI=1S/C13H25N/c1-12(2)7-5-9(6-8-12)10-11(14)13(10,3)4/h9-11H,5-8,14H2,1-4H3/t10-,11-/m1/s1. The third-order valence-electron chi connectivity index (χ3n) is 4.89. The molecule has 0 aliphatic heterocycles. The Hall–Kier alpha value is -0.0400. The largest absolute Gasteiger partial charge is 0.327 e. The van der Waals surface area contributed by atoms with E-state index in [1.165, 1.54) is 25.7 Å². The van der Waals surface area contributed by atoms with Crippen molar-refractivity contribution in [1.82, 2.24) is 0 Å². The van der Waals surface area contributed by atoms with E-state index in [0.717, 1.165) is 11.8 Å². The van der Waals surface area contributed by atoms with Gasteiger partial charge in [-0.25, -0.2) is 0 Å². The van der Waals surface area contributed by atoms with Crippen LogP contribution < -0.4 is 5.73 Å². The second-order valence-electron chi connectivity index (χ2n) is 6.87. The lowest BCUT2D eigenvalue weighted by atomic mass is 9.71. The first-order chi connectivity index (χ1) is 6.34. The molecule has 2 N–H and O–H groups in total. The van der Waals surface area contributed by atoms with Gasteiger partial charge in [-0.2, -0.15) is 0 Å². The lowest BCUT2D eigenvalue weighted by molar-refractivity contribution is 0.167. The summed E-state index contributed by atoms with van der Waals surface area (Å²) in [4.78, 5) is 0. The minimum absolute atomic E-state index is 0.437. The highest BCUT2D eigenvalue weighted by Gasteiger charge is 2.58. The summed E-state index contributed by atoms with van der Waals surface area (Å²) in [5.74, 6) is 1.74.